The van der Waals surface area contributed by atoms with Gasteiger partial charge >= 0.3 is 0 Å². The van der Waals surface area contributed by atoms with Gasteiger partial charge in [-0.05, 0) is 48.3 Å². The van der Waals surface area contributed by atoms with E-state index in [-0.39, 0.29) is 0 Å². The van der Waals surface area contributed by atoms with E-state index in [0.29, 0.717) is 0 Å². The van der Waals surface area contributed by atoms with Gasteiger partial charge < -0.3 is 0 Å². The maximum Gasteiger partial charge on any atom is -0.0235 e. The summed E-state index contributed by atoms with van der Waals surface area (Å²) >= 11 is 0. The van der Waals surface area contributed by atoms with Gasteiger partial charge in [0.2, 0.25) is 0 Å². The minimum atomic E-state index is 0.907. The first-order valence-electron chi connectivity index (χ1n) is 4.76. The maximum atomic E-state index is 2.49. The predicted octanol–water partition coefficient (Wildman–Crippen LogP) is 2.69. The second-order valence-corrected chi connectivity index (χ2v) is 4.89. The molecule has 4 rings (SSSR count). The second-order valence-electron chi connectivity index (χ2n) is 4.89. The third-order valence-electron chi connectivity index (χ3n) is 5.16. The monoisotopic (exact) mass is 136 g/mol. The first-order valence-corrected chi connectivity index (χ1v) is 4.76. The summed E-state index contributed by atoms with van der Waals surface area (Å²) < 4.78 is 0. The molecule has 0 aromatic carbocycles. The molecule has 5 unspecified atom stereocenters. The Hall–Kier alpha value is 0. The highest BCUT2D eigenvalue weighted by molar-refractivity contribution is 5.18. The van der Waals surface area contributed by atoms with Gasteiger partial charge in [0.15, 0.2) is 0 Å². The van der Waals surface area contributed by atoms with Crippen LogP contribution in [0.2, 0.25) is 0 Å². The van der Waals surface area contributed by atoms with Crippen molar-refractivity contribution in [2.24, 2.45) is 29.1 Å². The molecule has 2 bridgehead atoms. The smallest absolute Gasteiger partial charge is 0.0235 e. The Bertz CT molecular complexity index is 182. The maximum absolute atomic E-state index is 2.49. The van der Waals surface area contributed by atoms with Crippen molar-refractivity contribution in [3.8, 4) is 0 Å². The van der Waals surface area contributed by atoms with E-state index in [1.165, 1.54) is 5.92 Å². The van der Waals surface area contributed by atoms with Gasteiger partial charge in [0.25, 0.3) is 0 Å². The van der Waals surface area contributed by atoms with Crippen LogP contribution in [0.25, 0.3) is 0 Å². The van der Waals surface area contributed by atoms with Crippen LogP contribution in [0.1, 0.15) is 33.1 Å². The average Bonchev–Trinajstić information content (AvgIpc) is 2.19. The molecule has 0 saturated heterocycles. The normalized spacial score (nSPS) is 70.2. The lowest BCUT2D eigenvalue weighted by Crippen LogP contribution is -2.50. The van der Waals surface area contributed by atoms with Crippen LogP contribution in [0.3, 0.4) is 0 Å². The number of hydrogen-bond donors (Lipinski definition) is 0. The van der Waals surface area contributed by atoms with Crippen LogP contribution in [0, 0.1) is 29.1 Å². The fourth-order valence-electron chi connectivity index (χ4n) is 4.19. The summed E-state index contributed by atoms with van der Waals surface area (Å²) in [6.07, 6.45) is 4.74. The highest BCUT2D eigenvalue weighted by Gasteiger charge is 2.70. The molecular formula is C10H16. The molecule has 5 atom stereocenters. The van der Waals surface area contributed by atoms with Gasteiger partial charge in [0.05, 0.1) is 0 Å². The van der Waals surface area contributed by atoms with Crippen LogP contribution < -0.4 is 0 Å². The molecule has 0 nitrogen and oxygen atoms in total. The predicted molar refractivity (Wildman–Crippen MR) is 41.6 cm³/mol. The van der Waals surface area contributed by atoms with E-state index in [1.54, 1.807) is 19.3 Å². The van der Waals surface area contributed by atoms with E-state index >= 15 is 0 Å². The van der Waals surface area contributed by atoms with Crippen molar-refractivity contribution in [2.45, 2.75) is 33.1 Å². The molecule has 56 valence electrons. The fraction of sp³-hybridized carbons (Fsp3) is 1.00. The van der Waals surface area contributed by atoms with Crippen LogP contribution in [-0.4, -0.2) is 0 Å². The van der Waals surface area contributed by atoms with Gasteiger partial charge in [-0.1, -0.05) is 13.8 Å². The molecule has 0 aromatic heterocycles. The summed E-state index contributed by atoms with van der Waals surface area (Å²) in [4.78, 5) is 0. The lowest BCUT2D eigenvalue weighted by molar-refractivity contribution is -0.0914. The third-order valence-corrected chi connectivity index (χ3v) is 5.16. The third kappa shape index (κ3) is 0.320. The molecule has 4 aliphatic carbocycles. The summed E-state index contributed by atoms with van der Waals surface area (Å²) in [6, 6.07) is 0. The van der Waals surface area contributed by atoms with Gasteiger partial charge in [-0.25, -0.2) is 0 Å². The molecule has 0 N–H and O–H groups in total. The summed E-state index contributed by atoms with van der Waals surface area (Å²) in [5.41, 5.74) is 0.907. The van der Waals surface area contributed by atoms with Crippen LogP contribution in [0.4, 0.5) is 0 Å². The molecule has 0 aromatic rings. The van der Waals surface area contributed by atoms with Crippen molar-refractivity contribution in [2.75, 3.05) is 0 Å². The Morgan fingerprint density at radius 1 is 1.30 bits per heavy atom. The van der Waals surface area contributed by atoms with Gasteiger partial charge in [0.1, 0.15) is 0 Å². The summed E-state index contributed by atoms with van der Waals surface area (Å²) in [5, 5.41) is 0. The molecular weight excluding hydrogens is 120 g/mol. The van der Waals surface area contributed by atoms with Crippen LogP contribution in [-0.2, 0) is 0 Å². The first kappa shape index (κ1) is 5.62. The zero-order chi connectivity index (χ0) is 6.93. The van der Waals surface area contributed by atoms with Crippen LogP contribution >= 0.6 is 0 Å². The van der Waals surface area contributed by atoms with E-state index in [1.807, 2.05) is 0 Å². The second kappa shape index (κ2) is 1.31. The molecule has 0 radical (unpaired) electrons. The summed E-state index contributed by atoms with van der Waals surface area (Å²) in [6.45, 7) is 4.96. The Morgan fingerprint density at radius 3 is 2.30 bits per heavy atom. The van der Waals surface area contributed by atoms with Crippen molar-refractivity contribution < 1.29 is 0 Å². The minimum absolute atomic E-state index is 0.907. The van der Waals surface area contributed by atoms with E-state index in [2.05, 4.69) is 13.8 Å². The Labute approximate surface area is 63.0 Å². The first-order chi connectivity index (χ1) is 4.76. The number of rotatable bonds is 0. The summed E-state index contributed by atoms with van der Waals surface area (Å²) in [7, 11) is 0. The average molecular weight is 136 g/mol. The van der Waals surface area contributed by atoms with Gasteiger partial charge in [0, 0.05) is 0 Å². The SMILES string of the molecule is CC1C2CC3(CCC23)C1C. The van der Waals surface area contributed by atoms with E-state index < -0.39 is 0 Å². The van der Waals surface area contributed by atoms with Gasteiger partial charge in [-0.15, -0.1) is 0 Å². The van der Waals surface area contributed by atoms with Crippen molar-refractivity contribution in [1.82, 2.24) is 0 Å². The molecule has 1 spiro atoms. The molecule has 0 heteroatoms. The molecule has 10 heavy (non-hydrogen) atoms. The van der Waals surface area contributed by atoms with E-state index in [0.717, 1.165) is 23.2 Å². The van der Waals surface area contributed by atoms with Gasteiger partial charge in [-0.3, -0.25) is 0 Å². The molecule has 0 heterocycles. The van der Waals surface area contributed by atoms with E-state index in [9.17, 15) is 0 Å². The van der Waals surface area contributed by atoms with Crippen molar-refractivity contribution >= 4 is 0 Å². The van der Waals surface area contributed by atoms with Crippen LogP contribution in [0.5, 0.6) is 0 Å². The lowest BCUT2D eigenvalue weighted by Gasteiger charge is -2.58. The topological polar surface area (TPSA) is 0 Å². The minimum Gasteiger partial charge on any atom is -0.0620 e. The fourth-order valence-corrected chi connectivity index (χ4v) is 4.19. The molecule has 4 fully saturated rings. The highest BCUT2D eigenvalue weighted by Crippen LogP contribution is 2.77. The number of hydrogen-bond acceptors (Lipinski definition) is 0. The molecule has 0 aliphatic heterocycles. The van der Waals surface area contributed by atoms with Crippen LogP contribution in [0.15, 0.2) is 0 Å². The van der Waals surface area contributed by atoms with Crippen molar-refractivity contribution in [3.63, 3.8) is 0 Å². The largest absolute Gasteiger partial charge is 0.0620 e. The van der Waals surface area contributed by atoms with Crippen molar-refractivity contribution in [3.05, 3.63) is 0 Å². The van der Waals surface area contributed by atoms with Crippen molar-refractivity contribution in [1.29, 1.82) is 0 Å². The Balaban J connectivity index is 2.02. The zero-order valence-corrected chi connectivity index (χ0v) is 6.93. The highest BCUT2D eigenvalue weighted by atomic mass is 14.7. The molecule has 4 saturated carbocycles. The molecule has 0 amide bonds. The van der Waals surface area contributed by atoms with Gasteiger partial charge in [-0.2, -0.15) is 0 Å². The van der Waals surface area contributed by atoms with E-state index in [4.69, 9.17) is 0 Å². The Morgan fingerprint density at radius 2 is 2.10 bits per heavy atom. The standard InChI is InChI=1S/C10H16/c1-6-7(2)10-4-3-9(10)8(6)5-10/h6-9H,3-5H2,1-2H3. The quantitative estimate of drug-likeness (QED) is 0.480. The zero-order valence-electron chi connectivity index (χ0n) is 6.93. The lowest BCUT2D eigenvalue weighted by atomic mass is 9.46. The molecule has 4 aliphatic rings. The summed E-state index contributed by atoms with van der Waals surface area (Å²) in [5.74, 6) is 4.48. The number of fused-ring (bicyclic) bond motifs is 1. The Kier molecular flexibility index (Phi) is 0.735.